The van der Waals surface area contributed by atoms with E-state index in [0.29, 0.717) is 12.0 Å². The second kappa shape index (κ2) is 3.20. The molecule has 1 aliphatic rings. The summed E-state index contributed by atoms with van der Waals surface area (Å²) in [5.74, 6) is 0.500. The quantitative estimate of drug-likeness (QED) is 0.789. The topological polar surface area (TPSA) is 72.0 Å². The Hall–Kier alpha value is -1.17. The van der Waals surface area contributed by atoms with E-state index in [1.54, 1.807) is 0 Å². The van der Waals surface area contributed by atoms with Crippen LogP contribution in [0.3, 0.4) is 0 Å². The minimum absolute atomic E-state index is 0.152. The molecule has 14 heavy (non-hydrogen) atoms. The molecule has 1 aromatic heterocycles. The van der Waals surface area contributed by atoms with Gasteiger partial charge in [0.2, 0.25) is 5.95 Å². The molecular weight excluding hydrogens is 202 g/mol. The fraction of sp³-hybridized carbons (Fsp3) is 0.500. The fourth-order valence-electron chi connectivity index (χ4n) is 0.992. The molecule has 76 valence electrons. The van der Waals surface area contributed by atoms with Crippen LogP contribution < -0.4 is 5.32 Å². The molecule has 0 spiro atoms. The first kappa shape index (κ1) is 9.39. The Morgan fingerprint density at radius 2 is 1.93 bits per heavy atom. The van der Waals surface area contributed by atoms with Crippen molar-refractivity contribution in [2.45, 2.75) is 23.8 Å². The summed E-state index contributed by atoms with van der Waals surface area (Å²) >= 11 is 0. The fourth-order valence-corrected chi connectivity index (χ4v) is 1.48. The van der Waals surface area contributed by atoms with Gasteiger partial charge in [0.1, 0.15) is 4.90 Å². The third-order valence-corrected chi connectivity index (χ3v) is 3.03. The minimum Gasteiger partial charge on any atom is -0.351 e. The third-order valence-electron chi connectivity index (χ3n) is 1.97. The highest BCUT2D eigenvalue weighted by molar-refractivity contribution is 7.90. The standard InChI is InChI=1S/C8H11N3O2S/c1-14(12,13)7-4-9-8(10-5-7)11-6-2-3-6/h4-6H,2-3H2,1H3,(H,9,10,11). The summed E-state index contributed by atoms with van der Waals surface area (Å²) in [4.78, 5) is 8.00. The van der Waals surface area contributed by atoms with E-state index in [1.807, 2.05) is 0 Å². The maximum Gasteiger partial charge on any atom is 0.222 e. The van der Waals surface area contributed by atoms with Crippen LogP contribution in [0.2, 0.25) is 0 Å². The van der Waals surface area contributed by atoms with Gasteiger partial charge in [0.05, 0.1) is 12.4 Å². The van der Waals surface area contributed by atoms with Crippen LogP contribution in [-0.4, -0.2) is 30.7 Å². The SMILES string of the molecule is CS(=O)(=O)c1cnc(NC2CC2)nc1. The molecule has 1 fully saturated rings. The van der Waals surface area contributed by atoms with Gasteiger partial charge >= 0.3 is 0 Å². The van der Waals surface area contributed by atoms with Crippen molar-refractivity contribution in [1.29, 1.82) is 0 Å². The maximum absolute atomic E-state index is 11.1. The van der Waals surface area contributed by atoms with Gasteiger partial charge in [-0.15, -0.1) is 0 Å². The van der Waals surface area contributed by atoms with Crippen LogP contribution in [0.4, 0.5) is 5.95 Å². The van der Waals surface area contributed by atoms with Crippen molar-refractivity contribution in [2.24, 2.45) is 0 Å². The zero-order chi connectivity index (χ0) is 10.2. The predicted molar refractivity (Wildman–Crippen MR) is 51.8 cm³/mol. The summed E-state index contributed by atoms with van der Waals surface area (Å²) in [6, 6.07) is 0.471. The van der Waals surface area contributed by atoms with Crippen molar-refractivity contribution in [3.63, 3.8) is 0 Å². The summed E-state index contributed by atoms with van der Waals surface area (Å²) in [7, 11) is -3.19. The molecule has 1 heterocycles. The number of anilines is 1. The number of rotatable bonds is 3. The molecule has 0 aromatic carbocycles. The van der Waals surface area contributed by atoms with Gasteiger partial charge in [-0.3, -0.25) is 0 Å². The van der Waals surface area contributed by atoms with Gasteiger partial charge in [-0.1, -0.05) is 0 Å². The lowest BCUT2D eigenvalue weighted by molar-refractivity contribution is 0.601. The van der Waals surface area contributed by atoms with E-state index >= 15 is 0 Å². The Morgan fingerprint density at radius 3 is 2.36 bits per heavy atom. The van der Waals surface area contributed by atoms with Gasteiger partial charge < -0.3 is 5.32 Å². The first-order chi connectivity index (χ1) is 6.55. The summed E-state index contributed by atoms with van der Waals surface area (Å²) < 4.78 is 22.2. The Balaban J connectivity index is 2.16. The van der Waals surface area contributed by atoms with Gasteiger partial charge in [0.25, 0.3) is 0 Å². The lowest BCUT2D eigenvalue weighted by atomic mass is 10.6. The summed E-state index contributed by atoms with van der Waals surface area (Å²) in [5.41, 5.74) is 0. The highest BCUT2D eigenvalue weighted by atomic mass is 32.2. The van der Waals surface area contributed by atoms with E-state index in [-0.39, 0.29) is 4.90 Å². The average Bonchev–Trinajstić information content (AvgIpc) is 2.88. The van der Waals surface area contributed by atoms with E-state index in [2.05, 4.69) is 15.3 Å². The van der Waals surface area contributed by atoms with Gasteiger partial charge in [-0.05, 0) is 12.8 Å². The van der Waals surface area contributed by atoms with E-state index < -0.39 is 9.84 Å². The molecule has 0 saturated heterocycles. The van der Waals surface area contributed by atoms with Crippen LogP contribution in [0.15, 0.2) is 17.3 Å². The molecule has 0 aliphatic heterocycles. The van der Waals surface area contributed by atoms with Crippen LogP contribution >= 0.6 is 0 Å². The molecule has 2 rings (SSSR count). The average molecular weight is 213 g/mol. The molecule has 0 amide bonds. The Bertz CT molecular complexity index is 422. The number of nitrogens with zero attached hydrogens (tertiary/aromatic N) is 2. The highest BCUT2D eigenvalue weighted by Crippen LogP contribution is 2.22. The van der Waals surface area contributed by atoms with Gasteiger partial charge in [0, 0.05) is 12.3 Å². The van der Waals surface area contributed by atoms with Crippen molar-refractivity contribution >= 4 is 15.8 Å². The lowest BCUT2D eigenvalue weighted by Crippen LogP contribution is -2.06. The summed E-state index contributed by atoms with van der Waals surface area (Å²) in [6.07, 6.45) is 6.06. The van der Waals surface area contributed by atoms with Crippen molar-refractivity contribution in [2.75, 3.05) is 11.6 Å². The van der Waals surface area contributed by atoms with Crippen molar-refractivity contribution in [3.8, 4) is 0 Å². The van der Waals surface area contributed by atoms with Crippen LogP contribution in [0.5, 0.6) is 0 Å². The Morgan fingerprint density at radius 1 is 1.36 bits per heavy atom. The Labute approximate surface area is 82.5 Å². The van der Waals surface area contributed by atoms with E-state index in [0.717, 1.165) is 19.1 Å². The predicted octanol–water partition coefficient (Wildman–Crippen LogP) is 0.454. The van der Waals surface area contributed by atoms with E-state index in [1.165, 1.54) is 12.4 Å². The normalized spacial score (nSPS) is 16.6. The van der Waals surface area contributed by atoms with Gasteiger partial charge in [-0.25, -0.2) is 18.4 Å². The van der Waals surface area contributed by atoms with Crippen LogP contribution in [0, 0.1) is 0 Å². The number of nitrogens with one attached hydrogen (secondary N) is 1. The highest BCUT2D eigenvalue weighted by Gasteiger charge is 2.21. The molecule has 0 radical (unpaired) electrons. The minimum atomic E-state index is -3.19. The first-order valence-corrected chi connectivity index (χ1v) is 6.23. The van der Waals surface area contributed by atoms with Crippen molar-refractivity contribution in [3.05, 3.63) is 12.4 Å². The van der Waals surface area contributed by atoms with Crippen LogP contribution in [0.25, 0.3) is 0 Å². The largest absolute Gasteiger partial charge is 0.351 e. The number of sulfone groups is 1. The van der Waals surface area contributed by atoms with Gasteiger partial charge in [0.15, 0.2) is 9.84 Å². The van der Waals surface area contributed by atoms with Crippen molar-refractivity contribution < 1.29 is 8.42 Å². The molecule has 1 saturated carbocycles. The molecule has 6 heteroatoms. The molecular formula is C8H11N3O2S. The third kappa shape index (κ3) is 2.20. The maximum atomic E-state index is 11.1. The molecule has 1 aliphatic carbocycles. The second-order valence-corrected chi connectivity index (χ2v) is 5.45. The molecule has 1 aromatic rings. The second-order valence-electron chi connectivity index (χ2n) is 3.43. The van der Waals surface area contributed by atoms with E-state index in [4.69, 9.17) is 0 Å². The Kier molecular flexibility index (Phi) is 2.14. The molecule has 5 nitrogen and oxygen atoms in total. The van der Waals surface area contributed by atoms with Crippen LogP contribution in [0.1, 0.15) is 12.8 Å². The summed E-state index contributed by atoms with van der Waals surface area (Å²) in [5, 5.41) is 3.08. The molecule has 1 N–H and O–H groups in total. The number of hydrogen-bond acceptors (Lipinski definition) is 5. The van der Waals surface area contributed by atoms with Crippen LogP contribution in [-0.2, 0) is 9.84 Å². The zero-order valence-corrected chi connectivity index (χ0v) is 8.58. The van der Waals surface area contributed by atoms with E-state index in [9.17, 15) is 8.42 Å². The molecule has 0 bridgehead atoms. The zero-order valence-electron chi connectivity index (χ0n) is 7.77. The first-order valence-electron chi connectivity index (χ1n) is 4.34. The summed E-state index contributed by atoms with van der Waals surface area (Å²) in [6.45, 7) is 0. The number of aromatic nitrogens is 2. The monoisotopic (exact) mass is 213 g/mol. The van der Waals surface area contributed by atoms with Gasteiger partial charge in [-0.2, -0.15) is 0 Å². The molecule has 0 unspecified atom stereocenters. The lowest BCUT2D eigenvalue weighted by Gasteiger charge is -2.02. The van der Waals surface area contributed by atoms with Crippen molar-refractivity contribution in [1.82, 2.24) is 9.97 Å². The smallest absolute Gasteiger partial charge is 0.222 e. The number of hydrogen-bond donors (Lipinski definition) is 1. The molecule has 0 atom stereocenters.